The Balaban J connectivity index is 1.36. The Morgan fingerprint density at radius 1 is 0.878 bits per heavy atom. The average Bonchev–Trinajstić information content (AvgIpc) is 2.98. The van der Waals surface area contributed by atoms with Crippen molar-refractivity contribution in [3.8, 4) is 17.2 Å². The van der Waals surface area contributed by atoms with Crippen LogP contribution in [0.4, 0.5) is 10.1 Å². The van der Waals surface area contributed by atoms with Gasteiger partial charge in [-0.1, -0.05) is 48.0 Å². The highest BCUT2D eigenvalue weighted by Gasteiger charge is 2.21. The van der Waals surface area contributed by atoms with E-state index in [-0.39, 0.29) is 24.8 Å². The lowest BCUT2D eigenvalue weighted by Crippen LogP contribution is -2.46. The van der Waals surface area contributed by atoms with Gasteiger partial charge in [-0.15, -0.1) is 0 Å². The van der Waals surface area contributed by atoms with Gasteiger partial charge in [-0.3, -0.25) is 9.59 Å². The second-order valence-corrected chi connectivity index (χ2v) is 9.57. The largest absolute Gasteiger partial charge is 0.495 e. The first-order chi connectivity index (χ1) is 19.9. The van der Waals surface area contributed by atoms with Crippen LogP contribution < -0.4 is 20.1 Å². The summed E-state index contributed by atoms with van der Waals surface area (Å²) in [6, 6.07) is 26.3. The van der Waals surface area contributed by atoms with Gasteiger partial charge < -0.3 is 24.8 Å². The van der Waals surface area contributed by atoms with Crippen LogP contribution in [0.2, 0.25) is 5.02 Å². The first-order valence-corrected chi connectivity index (χ1v) is 13.3. The number of benzene rings is 4. The number of amides is 2. The highest BCUT2D eigenvalue weighted by atomic mass is 35.5. The molecular formula is C32H30ClFN2O5. The molecule has 7 nitrogen and oxygen atoms in total. The molecular weight excluding hydrogens is 547 g/mol. The van der Waals surface area contributed by atoms with Crippen LogP contribution in [-0.4, -0.2) is 31.6 Å². The molecule has 212 valence electrons. The van der Waals surface area contributed by atoms with Gasteiger partial charge in [0.2, 0.25) is 11.8 Å². The molecule has 2 amide bonds. The predicted octanol–water partition coefficient (Wildman–Crippen LogP) is 6.55. The Morgan fingerprint density at radius 3 is 2.22 bits per heavy atom. The van der Waals surface area contributed by atoms with E-state index in [9.17, 15) is 14.0 Å². The van der Waals surface area contributed by atoms with Crippen LogP contribution in [0.5, 0.6) is 17.2 Å². The lowest BCUT2D eigenvalue weighted by molar-refractivity contribution is -0.128. The second kappa shape index (κ2) is 14.8. The van der Waals surface area contributed by atoms with E-state index in [1.54, 1.807) is 36.4 Å². The molecule has 0 spiro atoms. The van der Waals surface area contributed by atoms with Crippen molar-refractivity contribution in [3.63, 3.8) is 0 Å². The Bertz CT molecular complexity index is 1430. The molecule has 0 aliphatic carbocycles. The standard InChI is InChI=1S/C32H30ClFN2O5/c1-39-30-17-7-22(19-28(30)33)8-18-31(37)36-29(21-40-20-23-5-3-2-4-6-23)32(38)35-25-11-15-27(16-12-25)41-26-13-9-24(34)10-14-26/h2-7,9-17,19,29H,8,18,20-21H2,1H3,(H,35,38)(H,36,37). The van der Waals surface area contributed by atoms with Crippen molar-refractivity contribution >= 4 is 29.1 Å². The third-order valence-corrected chi connectivity index (χ3v) is 6.37. The molecule has 9 heteroatoms. The summed E-state index contributed by atoms with van der Waals surface area (Å²) in [6.45, 7) is 0.271. The zero-order valence-corrected chi connectivity index (χ0v) is 23.2. The minimum Gasteiger partial charge on any atom is -0.495 e. The van der Waals surface area contributed by atoms with Gasteiger partial charge in [-0.2, -0.15) is 0 Å². The zero-order chi connectivity index (χ0) is 29.0. The van der Waals surface area contributed by atoms with Crippen molar-refractivity contribution in [2.24, 2.45) is 0 Å². The van der Waals surface area contributed by atoms with Crippen molar-refractivity contribution < 1.29 is 28.2 Å². The smallest absolute Gasteiger partial charge is 0.249 e. The summed E-state index contributed by atoms with van der Waals surface area (Å²) in [5.41, 5.74) is 2.33. The molecule has 0 radical (unpaired) electrons. The number of carbonyl (C=O) groups is 2. The van der Waals surface area contributed by atoms with Crippen LogP contribution in [0, 0.1) is 5.82 Å². The molecule has 0 aliphatic rings. The second-order valence-electron chi connectivity index (χ2n) is 9.16. The number of hydrogen-bond donors (Lipinski definition) is 2. The summed E-state index contributed by atoms with van der Waals surface area (Å²) in [5.74, 6) is 0.481. The molecule has 41 heavy (non-hydrogen) atoms. The van der Waals surface area contributed by atoms with Gasteiger partial charge in [0, 0.05) is 12.1 Å². The number of rotatable bonds is 13. The van der Waals surface area contributed by atoms with Crippen molar-refractivity contribution in [2.45, 2.75) is 25.5 Å². The van der Waals surface area contributed by atoms with Crippen molar-refractivity contribution in [2.75, 3.05) is 19.0 Å². The summed E-state index contributed by atoms with van der Waals surface area (Å²) >= 11 is 6.19. The quantitative estimate of drug-likeness (QED) is 0.188. The van der Waals surface area contributed by atoms with E-state index in [1.165, 1.54) is 31.4 Å². The number of hydrogen-bond acceptors (Lipinski definition) is 5. The van der Waals surface area contributed by atoms with E-state index >= 15 is 0 Å². The van der Waals surface area contributed by atoms with E-state index < -0.39 is 11.9 Å². The maximum atomic E-state index is 13.2. The van der Waals surface area contributed by atoms with E-state index in [0.717, 1.165) is 11.1 Å². The molecule has 0 saturated carbocycles. The topological polar surface area (TPSA) is 85.9 Å². The normalized spacial score (nSPS) is 11.4. The fourth-order valence-corrected chi connectivity index (χ4v) is 4.20. The summed E-state index contributed by atoms with van der Waals surface area (Å²) in [6.07, 6.45) is 0.588. The number of aryl methyl sites for hydroxylation is 1. The fraction of sp³-hybridized carbons (Fsp3) is 0.188. The summed E-state index contributed by atoms with van der Waals surface area (Å²) in [5, 5.41) is 6.07. The Kier molecular flexibility index (Phi) is 10.7. The molecule has 4 aromatic rings. The Hall–Kier alpha value is -4.40. The maximum Gasteiger partial charge on any atom is 0.249 e. The van der Waals surface area contributed by atoms with Gasteiger partial charge in [0.05, 0.1) is 25.3 Å². The van der Waals surface area contributed by atoms with E-state index in [0.29, 0.717) is 41.0 Å². The molecule has 1 unspecified atom stereocenters. The molecule has 0 aliphatic heterocycles. The molecule has 1 atom stereocenters. The van der Waals surface area contributed by atoms with E-state index in [2.05, 4.69) is 10.6 Å². The number of nitrogens with one attached hydrogen (secondary N) is 2. The van der Waals surface area contributed by atoms with Gasteiger partial charge >= 0.3 is 0 Å². The van der Waals surface area contributed by atoms with E-state index in [4.69, 9.17) is 25.8 Å². The molecule has 0 aromatic heterocycles. The number of ether oxygens (including phenoxy) is 3. The van der Waals surface area contributed by atoms with Gasteiger partial charge in [0.25, 0.3) is 0 Å². The van der Waals surface area contributed by atoms with Gasteiger partial charge in [-0.25, -0.2) is 4.39 Å². The maximum absolute atomic E-state index is 13.2. The molecule has 0 fully saturated rings. The van der Waals surface area contributed by atoms with Crippen molar-refractivity contribution in [1.82, 2.24) is 5.32 Å². The van der Waals surface area contributed by atoms with Crippen LogP contribution in [0.3, 0.4) is 0 Å². The average molecular weight is 577 g/mol. The highest BCUT2D eigenvalue weighted by molar-refractivity contribution is 6.32. The monoisotopic (exact) mass is 576 g/mol. The van der Waals surface area contributed by atoms with Crippen LogP contribution in [0.1, 0.15) is 17.5 Å². The summed E-state index contributed by atoms with van der Waals surface area (Å²) < 4.78 is 29.8. The zero-order valence-electron chi connectivity index (χ0n) is 22.4. The molecule has 0 heterocycles. The third-order valence-electron chi connectivity index (χ3n) is 6.08. The van der Waals surface area contributed by atoms with Gasteiger partial charge in [0.1, 0.15) is 29.1 Å². The first-order valence-electron chi connectivity index (χ1n) is 13.0. The van der Waals surface area contributed by atoms with Crippen LogP contribution in [0.25, 0.3) is 0 Å². The number of halogens is 2. The lowest BCUT2D eigenvalue weighted by atomic mass is 10.1. The fourth-order valence-electron chi connectivity index (χ4n) is 3.92. The molecule has 4 rings (SSSR count). The molecule has 4 aromatic carbocycles. The number of anilines is 1. The van der Waals surface area contributed by atoms with Crippen molar-refractivity contribution in [1.29, 1.82) is 0 Å². The number of carbonyl (C=O) groups excluding carboxylic acids is 2. The minimum atomic E-state index is -0.930. The SMILES string of the molecule is COc1ccc(CCC(=O)NC(COCc2ccccc2)C(=O)Nc2ccc(Oc3ccc(F)cc3)cc2)cc1Cl. The highest BCUT2D eigenvalue weighted by Crippen LogP contribution is 2.26. The minimum absolute atomic E-state index is 0.0212. The summed E-state index contributed by atoms with van der Waals surface area (Å²) in [7, 11) is 1.54. The van der Waals surface area contributed by atoms with E-state index in [1.807, 2.05) is 36.4 Å². The Labute approximate surface area is 243 Å². The molecule has 2 N–H and O–H groups in total. The van der Waals surface area contributed by atoms with Crippen LogP contribution in [0.15, 0.2) is 97.1 Å². The first kappa shape index (κ1) is 29.6. The molecule has 0 saturated heterocycles. The molecule has 0 bridgehead atoms. The van der Waals surface area contributed by atoms with Crippen molar-refractivity contribution in [3.05, 3.63) is 119 Å². The third kappa shape index (κ3) is 9.34. The van der Waals surface area contributed by atoms with Crippen LogP contribution >= 0.6 is 11.6 Å². The lowest BCUT2D eigenvalue weighted by Gasteiger charge is -2.19. The summed E-state index contributed by atoms with van der Waals surface area (Å²) in [4.78, 5) is 26.0. The number of methoxy groups -OCH3 is 1. The van der Waals surface area contributed by atoms with Gasteiger partial charge in [-0.05, 0) is 78.2 Å². The predicted molar refractivity (Wildman–Crippen MR) is 156 cm³/mol. The Morgan fingerprint density at radius 2 is 1.56 bits per heavy atom. The van der Waals surface area contributed by atoms with Crippen LogP contribution in [-0.2, 0) is 27.4 Å². The van der Waals surface area contributed by atoms with Gasteiger partial charge in [0.15, 0.2) is 0 Å².